The number of amides is 1. The number of rotatable bonds is 5. The van der Waals surface area contributed by atoms with E-state index in [1.54, 1.807) is 24.0 Å². The number of nitrogens with zero attached hydrogens (tertiary/aromatic N) is 2. The topological polar surface area (TPSA) is 84.0 Å². The molecule has 1 atom stereocenters. The highest BCUT2D eigenvalue weighted by Crippen LogP contribution is 2.26. The molecule has 0 unspecified atom stereocenters. The Morgan fingerprint density at radius 3 is 2.16 bits per heavy atom. The summed E-state index contributed by atoms with van der Waals surface area (Å²) in [5, 5.41) is 0. The van der Waals surface area contributed by atoms with Crippen LogP contribution in [-0.2, 0) is 24.3 Å². The lowest BCUT2D eigenvalue weighted by molar-refractivity contribution is -0.163. The van der Waals surface area contributed by atoms with Gasteiger partial charge >= 0.3 is 5.97 Å². The van der Waals surface area contributed by atoms with E-state index >= 15 is 0 Å². The highest BCUT2D eigenvalue weighted by atomic mass is 32.2. The fraction of sp³-hybridized carbons (Fsp3) is 0.652. The van der Waals surface area contributed by atoms with Crippen molar-refractivity contribution < 1.29 is 22.7 Å². The molecule has 7 nitrogen and oxygen atoms in total. The molecular weight excluding hydrogens is 416 g/mol. The maximum Gasteiger partial charge on any atom is 0.309 e. The number of carbonyl (C=O) groups is 2. The molecule has 8 heteroatoms. The first kappa shape index (κ1) is 23.7. The zero-order valence-corrected chi connectivity index (χ0v) is 19.6. The summed E-state index contributed by atoms with van der Waals surface area (Å²) < 4.78 is 32.8. The molecule has 0 spiro atoms. The molecule has 1 aromatic carbocycles. The molecule has 0 aromatic heterocycles. The Bertz CT molecular complexity index is 899. The van der Waals surface area contributed by atoms with E-state index in [1.807, 2.05) is 19.9 Å². The zero-order chi connectivity index (χ0) is 22.6. The van der Waals surface area contributed by atoms with Gasteiger partial charge in [-0.05, 0) is 69.7 Å². The number of benzene rings is 1. The van der Waals surface area contributed by atoms with Gasteiger partial charge in [0, 0.05) is 26.2 Å². The SMILES string of the molecule is Cc1ccc(S(=O)(=O)N2CCC(C(=O)O[C@@H](C)C(=O)N3CCCCCC3)CC2)cc1C. The fourth-order valence-corrected chi connectivity index (χ4v) is 5.78. The summed E-state index contributed by atoms with van der Waals surface area (Å²) in [6, 6.07) is 5.14. The van der Waals surface area contributed by atoms with Crippen molar-refractivity contribution >= 4 is 21.9 Å². The zero-order valence-electron chi connectivity index (χ0n) is 18.8. The number of hydrogen-bond acceptors (Lipinski definition) is 5. The Morgan fingerprint density at radius 2 is 1.58 bits per heavy atom. The molecule has 2 fully saturated rings. The van der Waals surface area contributed by atoms with Crippen LogP contribution < -0.4 is 0 Å². The lowest BCUT2D eigenvalue weighted by Gasteiger charge is -2.31. The number of sulfonamides is 1. The molecule has 0 aliphatic carbocycles. The number of aryl methyl sites for hydroxylation is 2. The molecule has 2 saturated heterocycles. The first-order valence-electron chi connectivity index (χ1n) is 11.3. The number of esters is 1. The highest BCUT2D eigenvalue weighted by molar-refractivity contribution is 7.89. The van der Waals surface area contributed by atoms with E-state index in [2.05, 4.69) is 0 Å². The standard InChI is InChI=1S/C23H34N2O5S/c1-17-8-9-21(16-18(17)2)31(28,29)25-14-10-20(11-15-25)23(27)30-19(3)22(26)24-12-6-4-5-7-13-24/h8-9,16,19-20H,4-7,10-15H2,1-3H3/t19-/m0/s1. The maximum atomic E-state index is 13.0. The van der Waals surface area contributed by atoms with Crippen LogP contribution in [0.15, 0.2) is 23.1 Å². The summed E-state index contributed by atoms with van der Waals surface area (Å²) >= 11 is 0. The summed E-state index contributed by atoms with van der Waals surface area (Å²) in [5.74, 6) is -0.922. The van der Waals surface area contributed by atoms with Gasteiger partial charge in [-0.15, -0.1) is 0 Å². The van der Waals surface area contributed by atoms with E-state index < -0.39 is 22.1 Å². The Morgan fingerprint density at radius 1 is 0.968 bits per heavy atom. The van der Waals surface area contributed by atoms with Gasteiger partial charge in [-0.25, -0.2) is 8.42 Å². The second kappa shape index (κ2) is 10.1. The van der Waals surface area contributed by atoms with Crippen molar-refractivity contribution in [1.29, 1.82) is 0 Å². The van der Waals surface area contributed by atoms with Crippen LogP contribution in [0.5, 0.6) is 0 Å². The Kier molecular flexibility index (Phi) is 7.75. The van der Waals surface area contributed by atoms with E-state index in [0.29, 0.717) is 12.8 Å². The Labute approximate surface area is 185 Å². The van der Waals surface area contributed by atoms with E-state index in [-0.39, 0.29) is 29.8 Å². The predicted molar refractivity (Wildman–Crippen MR) is 118 cm³/mol. The largest absolute Gasteiger partial charge is 0.452 e. The Hall–Kier alpha value is -1.93. The molecule has 1 amide bonds. The third kappa shape index (κ3) is 5.66. The minimum absolute atomic E-state index is 0.134. The third-order valence-corrected chi connectivity index (χ3v) is 8.36. The maximum absolute atomic E-state index is 13.0. The van der Waals surface area contributed by atoms with Crippen LogP contribution in [0.4, 0.5) is 0 Å². The number of carbonyl (C=O) groups excluding carboxylic acids is 2. The van der Waals surface area contributed by atoms with Crippen molar-refractivity contribution in [2.75, 3.05) is 26.2 Å². The molecular formula is C23H34N2O5S. The highest BCUT2D eigenvalue weighted by Gasteiger charge is 2.34. The van der Waals surface area contributed by atoms with Gasteiger partial charge in [0.25, 0.3) is 5.91 Å². The Balaban J connectivity index is 1.54. The van der Waals surface area contributed by atoms with Gasteiger partial charge in [0.1, 0.15) is 0 Å². The fourth-order valence-electron chi connectivity index (χ4n) is 4.22. The second-order valence-corrected chi connectivity index (χ2v) is 10.7. The van der Waals surface area contributed by atoms with Crippen LogP contribution in [-0.4, -0.2) is 61.8 Å². The summed E-state index contributed by atoms with van der Waals surface area (Å²) in [4.78, 5) is 27.3. The van der Waals surface area contributed by atoms with Crippen LogP contribution in [0, 0.1) is 19.8 Å². The minimum Gasteiger partial charge on any atom is -0.452 e. The minimum atomic E-state index is -3.58. The molecule has 2 aliphatic heterocycles. The summed E-state index contributed by atoms with van der Waals surface area (Å²) in [7, 11) is -3.58. The second-order valence-electron chi connectivity index (χ2n) is 8.74. The number of piperidine rings is 1. The van der Waals surface area contributed by atoms with Gasteiger partial charge in [0.15, 0.2) is 6.10 Å². The van der Waals surface area contributed by atoms with Crippen molar-refractivity contribution in [3.05, 3.63) is 29.3 Å². The number of likely N-dealkylation sites (tertiary alicyclic amines) is 1. The van der Waals surface area contributed by atoms with Crippen LogP contribution in [0.2, 0.25) is 0 Å². The average Bonchev–Trinajstić information content (AvgIpc) is 3.04. The molecule has 0 N–H and O–H groups in total. The molecule has 31 heavy (non-hydrogen) atoms. The van der Waals surface area contributed by atoms with E-state index in [4.69, 9.17) is 4.74 Å². The van der Waals surface area contributed by atoms with Gasteiger partial charge in [-0.3, -0.25) is 9.59 Å². The molecule has 0 radical (unpaired) electrons. The van der Waals surface area contributed by atoms with Crippen molar-refractivity contribution in [1.82, 2.24) is 9.21 Å². The molecule has 0 bridgehead atoms. The lowest BCUT2D eigenvalue weighted by atomic mass is 9.98. The summed E-state index contributed by atoms with van der Waals surface area (Å²) in [5.41, 5.74) is 1.98. The number of ether oxygens (including phenoxy) is 1. The average molecular weight is 451 g/mol. The van der Waals surface area contributed by atoms with E-state index in [9.17, 15) is 18.0 Å². The van der Waals surface area contributed by atoms with Crippen LogP contribution in [0.3, 0.4) is 0 Å². The summed E-state index contributed by atoms with van der Waals surface area (Å²) in [6.45, 7) is 7.44. The van der Waals surface area contributed by atoms with Crippen molar-refractivity contribution in [3.8, 4) is 0 Å². The molecule has 172 valence electrons. The molecule has 2 heterocycles. The number of hydrogen-bond donors (Lipinski definition) is 0. The van der Waals surface area contributed by atoms with Gasteiger partial charge in [-0.1, -0.05) is 18.9 Å². The summed E-state index contributed by atoms with van der Waals surface area (Å²) in [6.07, 6.45) is 4.21. The van der Waals surface area contributed by atoms with Gasteiger partial charge in [-0.2, -0.15) is 4.31 Å². The van der Waals surface area contributed by atoms with Gasteiger partial charge in [0.2, 0.25) is 10.0 Å². The van der Waals surface area contributed by atoms with Crippen LogP contribution in [0.25, 0.3) is 0 Å². The molecule has 1 aromatic rings. The third-order valence-electron chi connectivity index (χ3n) is 6.46. The quantitative estimate of drug-likeness (QED) is 0.644. The monoisotopic (exact) mass is 450 g/mol. The first-order chi connectivity index (χ1) is 14.7. The van der Waals surface area contributed by atoms with Gasteiger partial charge < -0.3 is 9.64 Å². The molecule has 0 saturated carbocycles. The first-order valence-corrected chi connectivity index (χ1v) is 12.7. The lowest BCUT2D eigenvalue weighted by Crippen LogP contribution is -2.43. The molecule has 3 rings (SSSR count). The van der Waals surface area contributed by atoms with E-state index in [0.717, 1.165) is 49.9 Å². The van der Waals surface area contributed by atoms with Crippen molar-refractivity contribution in [3.63, 3.8) is 0 Å². The molecule has 2 aliphatic rings. The van der Waals surface area contributed by atoms with Crippen LogP contribution >= 0.6 is 0 Å². The normalized spacial score (nSPS) is 20.2. The van der Waals surface area contributed by atoms with Crippen molar-refractivity contribution in [2.45, 2.75) is 70.3 Å². The van der Waals surface area contributed by atoms with Crippen LogP contribution in [0.1, 0.15) is 56.6 Å². The van der Waals surface area contributed by atoms with Gasteiger partial charge in [0.05, 0.1) is 10.8 Å². The van der Waals surface area contributed by atoms with Crippen molar-refractivity contribution in [2.24, 2.45) is 5.92 Å². The van der Waals surface area contributed by atoms with E-state index in [1.165, 1.54) is 4.31 Å². The predicted octanol–water partition coefficient (Wildman–Crippen LogP) is 3.04. The smallest absolute Gasteiger partial charge is 0.309 e.